The highest BCUT2D eigenvalue weighted by molar-refractivity contribution is 5.67. The van der Waals surface area contributed by atoms with E-state index < -0.39 is 0 Å². The molecule has 1 aliphatic heterocycles. The standard InChI is InChI=1S/C12H23NO2/c1-4-10(3)11-6-8-13(9-7-11)12(14)15-5-2/h10-11H,4-9H2,1-3H3. The van der Waals surface area contributed by atoms with Gasteiger partial charge in [0.05, 0.1) is 6.61 Å². The third-order valence-corrected chi connectivity index (χ3v) is 3.51. The second kappa shape index (κ2) is 5.99. The van der Waals surface area contributed by atoms with Crippen molar-refractivity contribution in [1.82, 2.24) is 4.90 Å². The number of carbonyl (C=O) groups excluding carboxylic acids is 1. The number of hydrogen-bond acceptors (Lipinski definition) is 2. The monoisotopic (exact) mass is 213 g/mol. The van der Waals surface area contributed by atoms with Crippen molar-refractivity contribution in [3.05, 3.63) is 0 Å². The van der Waals surface area contributed by atoms with E-state index >= 15 is 0 Å². The van der Waals surface area contributed by atoms with Gasteiger partial charge in [-0.25, -0.2) is 4.79 Å². The highest BCUT2D eigenvalue weighted by Gasteiger charge is 2.25. The summed E-state index contributed by atoms with van der Waals surface area (Å²) in [5.74, 6) is 1.58. The third-order valence-electron chi connectivity index (χ3n) is 3.51. The van der Waals surface area contributed by atoms with E-state index in [9.17, 15) is 4.79 Å². The minimum absolute atomic E-state index is 0.139. The molecule has 1 rings (SSSR count). The number of ether oxygens (including phenoxy) is 1. The number of carbonyl (C=O) groups is 1. The van der Waals surface area contributed by atoms with Crippen LogP contribution in [-0.2, 0) is 4.74 Å². The first kappa shape index (κ1) is 12.3. The lowest BCUT2D eigenvalue weighted by atomic mass is 9.84. The lowest BCUT2D eigenvalue weighted by molar-refractivity contribution is 0.0850. The van der Waals surface area contributed by atoms with Crippen molar-refractivity contribution in [2.24, 2.45) is 11.8 Å². The average molecular weight is 213 g/mol. The predicted octanol–water partition coefficient (Wildman–Crippen LogP) is 2.90. The van der Waals surface area contributed by atoms with E-state index in [0.717, 1.165) is 37.8 Å². The Morgan fingerprint density at radius 3 is 2.47 bits per heavy atom. The Kier molecular flexibility index (Phi) is 4.92. The third kappa shape index (κ3) is 3.40. The van der Waals surface area contributed by atoms with Gasteiger partial charge in [-0.1, -0.05) is 20.3 Å². The second-order valence-corrected chi connectivity index (χ2v) is 4.41. The molecule has 1 heterocycles. The molecule has 1 atom stereocenters. The summed E-state index contributed by atoms with van der Waals surface area (Å²) in [7, 11) is 0. The first-order valence-corrected chi connectivity index (χ1v) is 6.10. The van der Waals surface area contributed by atoms with Gasteiger partial charge in [0, 0.05) is 13.1 Å². The van der Waals surface area contributed by atoms with Gasteiger partial charge in [-0.2, -0.15) is 0 Å². The maximum absolute atomic E-state index is 11.4. The van der Waals surface area contributed by atoms with Crippen LogP contribution in [0.1, 0.15) is 40.0 Å². The maximum atomic E-state index is 11.4. The molecule has 0 aliphatic carbocycles. The van der Waals surface area contributed by atoms with Crippen LogP contribution < -0.4 is 0 Å². The Morgan fingerprint density at radius 1 is 1.40 bits per heavy atom. The van der Waals surface area contributed by atoms with Gasteiger partial charge in [0.2, 0.25) is 0 Å². The van der Waals surface area contributed by atoms with Gasteiger partial charge >= 0.3 is 6.09 Å². The van der Waals surface area contributed by atoms with Gasteiger partial charge in [0.1, 0.15) is 0 Å². The molecule has 3 nitrogen and oxygen atoms in total. The van der Waals surface area contributed by atoms with E-state index in [2.05, 4.69) is 13.8 Å². The minimum atomic E-state index is -0.139. The highest BCUT2D eigenvalue weighted by Crippen LogP contribution is 2.26. The number of piperidine rings is 1. The zero-order valence-electron chi connectivity index (χ0n) is 10.2. The van der Waals surface area contributed by atoms with Crippen molar-refractivity contribution >= 4 is 6.09 Å². The summed E-state index contributed by atoms with van der Waals surface area (Å²) in [6.07, 6.45) is 3.37. The Bertz CT molecular complexity index is 198. The van der Waals surface area contributed by atoms with Crippen LogP contribution in [-0.4, -0.2) is 30.7 Å². The molecule has 1 unspecified atom stereocenters. The van der Waals surface area contributed by atoms with E-state index in [-0.39, 0.29) is 6.09 Å². The number of hydrogen-bond donors (Lipinski definition) is 0. The molecule has 1 amide bonds. The summed E-state index contributed by atoms with van der Waals surface area (Å²) < 4.78 is 4.99. The van der Waals surface area contributed by atoms with Gasteiger partial charge in [0.15, 0.2) is 0 Å². The molecule has 15 heavy (non-hydrogen) atoms. The molecule has 1 saturated heterocycles. The summed E-state index contributed by atoms with van der Waals surface area (Å²) in [5, 5.41) is 0. The van der Waals surface area contributed by atoms with Crippen LogP contribution in [0.25, 0.3) is 0 Å². The molecular weight excluding hydrogens is 190 g/mol. The van der Waals surface area contributed by atoms with Gasteiger partial charge in [-0.15, -0.1) is 0 Å². The van der Waals surface area contributed by atoms with Crippen molar-refractivity contribution in [3.63, 3.8) is 0 Å². The molecule has 88 valence electrons. The SMILES string of the molecule is CCOC(=O)N1CCC(C(C)CC)CC1. The molecular formula is C12H23NO2. The van der Waals surface area contributed by atoms with Crippen molar-refractivity contribution in [2.75, 3.05) is 19.7 Å². The molecule has 0 radical (unpaired) electrons. The van der Waals surface area contributed by atoms with Crippen molar-refractivity contribution < 1.29 is 9.53 Å². The Morgan fingerprint density at radius 2 is 2.00 bits per heavy atom. The number of likely N-dealkylation sites (tertiary alicyclic amines) is 1. The largest absolute Gasteiger partial charge is 0.450 e. The zero-order chi connectivity index (χ0) is 11.3. The summed E-state index contributed by atoms with van der Waals surface area (Å²) in [5.41, 5.74) is 0. The zero-order valence-corrected chi connectivity index (χ0v) is 10.2. The summed E-state index contributed by atoms with van der Waals surface area (Å²) in [6.45, 7) is 8.61. The first-order chi connectivity index (χ1) is 7.19. The van der Waals surface area contributed by atoms with Crippen LogP contribution in [0.3, 0.4) is 0 Å². The van der Waals surface area contributed by atoms with E-state index in [4.69, 9.17) is 4.74 Å². The van der Waals surface area contributed by atoms with Crippen LogP contribution in [0, 0.1) is 11.8 Å². The maximum Gasteiger partial charge on any atom is 0.409 e. The molecule has 0 saturated carbocycles. The first-order valence-electron chi connectivity index (χ1n) is 6.10. The van der Waals surface area contributed by atoms with Crippen LogP contribution in [0.5, 0.6) is 0 Å². The molecule has 0 aromatic rings. The molecule has 0 spiro atoms. The molecule has 1 aliphatic rings. The molecule has 3 heteroatoms. The van der Waals surface area contributed by atoms with Crippen molar-refractivity contribution in [1.29, 1.82) is 0 Å². The van der Waals surface area contributed by atoms with E-state index in [1.807, 2.05) is 11.8 Å². The average Bonchev–Trinajstić information content (AvgIpc) is 2.28. The Labute approximate surface area is 92.8 Å². The lowest BCUT2D eigenvalue weighted by Crippen LogP contribution is -2.40. The summed E-state index contributed by atoms with van der Waals surface area (Å²) >= 11 is 0. The smallest absolute Gasteiger partial charge is 0.409 e. The molecule has 0 aromatic heterocycles. The van der Waals surface area contributed by atoms with Crippen LogP contribution >= 0.6 is 0 Å². The fourth-order valence-electron chi connectivity index (χ4n) is 2.20. The van der Waals surface area contributed by atoms with E-state index in [1.54, 1.807) is 0 Å². The van der Waals surface area contributed by atoms with Gasteiger partial charge in [-0.3, -0.25) is 0 Å². The highest BCUT2D eigenvalue weighted by atomic mass is 16.6. The van der Waals surface area contributed by atoms with Gasteiger partial charge < -0.3 is 9.64 Å². The van der Waals surface area contributed by atoms with Crippen LogP contribution in [0.15, 0.2) is 0 Å². The second-order valence-electron chi connectivity index (χ2n) is 4.41. The summed E-state index contributed by atoms with van der Waals surface area (Å²) in [4.78, 5) is 13.3. The number of rotatable bonds is 3. The van der Waals surface area contributed by atoms with Gasteiger partial charge in [-0.05, 0) is 31.6 Å². The normalized spacial score (nSPS) is 20.1. The van der Waals surface area contributed by atoms with Gasteiger partial charge in [0.25, 0.3) is 0 Å². The Hall–Kier alpha value is -0.730. The van der Waals surface area contributed by atoms with Crippen LogP contribution in [0.2, 0.25) is 0 Å². The lowest BCUT2D eigenvalue weighted by Gasteiger charge is -2.33. The molecule has 0 N–H and O–H groups in total. The van der Waals surface area contributed by atoms with E-state index in [0.29, 0.717) is 6.61 Å². The molecule has 1 fully saturated rings. The van der Waals surface area contributed by atoms with Crippen molar-refractivity contribution in [2.45, 2.75) is 40.0 Å². The van der Waals surface area contributed by atoms with Crippen molar-refractivity contribution in [3.8, 4) is 0 Å². The Balaban J connectivity index is 2.32. The minimum Gasteiger partial charge on any atom is -0.450 e. The predicted molar refractivity (Wildman–Crippen MR) is 60.8 cm³/mol. The van der Waals surface area contributed by atoms with Crippen LogP contribution in [0.4, 0.5) is 4.79 Å². The van der Waals surface area contributed by atoms with E-state index in [1.165, 1.54) is 6.42 Å². The molecule has 0 aromatic carbocycles. The quantitative estimate of drug-likeness (QED) is 0.721. The fourth-order valence-corrected chi connectivity index (χ4v) is 2.20. The number of amides is 1. The summed E-state index contributed by atoms with van der Waals surface area (Å²) in [6, 6.07) is 0. The topological polar surface area (TPSA) is 29.5 Å². The molecule has 0 bridgehead atoms. The fraction of sp³-hybridized carbons (Fsp3) is 0.917. The number of nitrogens with zero attached hydrogens (tertiary/aromatic N) is 1.